The standard InChI is InChI=1S/C26H24ClN3O3S/c1-28-12-14-29(15-13-28)19-8-10-20(11-9-19)30-23(21-3-2-16-34-21)22(25(32)26(30)33)24(31)17-4-6-18(27)7-5-17/h2-11,16,23,31H,12-15H2,1H3/b24-22-. The Balaban J connectivity index is 1.54. The third-order valence-corrected chi connectivity index (χ3v) is 7.55. The highest BCUT2D eigenvalue weighted by Gasteiger charge is 2.47. The van der Waals surface area contributed by atoms with Gasteiger partial charge >= 0.3 is 0 Å². The van der Waals surface area contributed by atoms with Gasteiger partial charge in [-0.05, 0) is 67.0 Å². The molecule has 0 spiro atoms. The fourth-order valence-corrected chi connectivity index (χ4v) is 5.42. The lowest BCUT2D eigenvalue weighted by molar-refractivity contribution is -0.132. The van der Waals surface area contributed by atoms with Gasteiger partial charge in [-0.2, -0.15) is 0 Å². The lowest BCUT2D eigenvalue weighted by Crippen LogP contribution is -2.44. The number of carbonyl (C=O) groups is 2. The van der Waals surface area contributed by atoms with Crippen LogP contribution in [0.2, 0.25) is 5.02 Å². The first-order valence-corrected chi connectivity index (χ1v) is 12.3. The number of benzene rings is 2. The highest BCUT2D eigenvalue weighted by molar-refractivity contribution is 7.10. The second kappa shape index (κ2) is 9.25. The van der Waals surface area contributed by atoms with E-state index in [0.29, 0.717) is 16.3 Å². The largest absolute Gasteiger partial charge is 0.507 e. The van der Waals surface area contributed by atoms with Crippen molar-refractivity contribution in [3.05, 3.63) is 87.1 Å². The smallest absolute Gasteiger partial charge is 0.300 e. The van der Waals surface area contributed by atoms with Crippen molar-refractivity contribution in [1.29, 1.82) is 0 Å². The summed E-state index contributed by atoms with van der Waals surface area (Å²) in [4.78, 5) is 33.3. The number of aliphatic hydroxyl groups is 1. The molecule has 34 heavy (non-hydrogen) atoms. The van der Waals surface area contributed by atoms with Crippen molar-refractivity contribution in [1.82, 2.24) is 4.90 Å². The summed E-state index contributed by atoms with van der Waals surface area (Å²) in [5.74, 6) is -1.56. The Morgan fingerprint density at radius 3 is 2.21 bits per heavy atom. The summed E-state index contributed by atoms with van der Waals surface area (Å²) in [6, 6.07) is 17.3. The number of halogens is 1. The maximum absolute atomic E-state index is 13.2. The summed E-state index contributed by atoms with van der Waals surface area (Å²) in [6.07, 6.45) is 0. The van der Waals surface area contributed by atoms with Gasteiger partial charge in [0, 0.05) is 53.0 Å². The van der Waals surface area contributed by atoms with Gasteiger partial charge in [0.05, 0.1) is 5.57 Å². The number of carbonyl (C=O) groups excluding carboxylic acids is 2. The van der Waals surface area contributed by atoms with E-state index < -0.39 is 17.7 Å². The number of thiophene rings is 1. The highest BCUT2D eigenvalue weighted by atomic mass is 35.5. The average Bonchev–Trinajstić information content (AvgIpc) is 3.47. The Labute approximate surface area is 207 Å². The van der Waals surface area contributed by atoms with Crippen LogP contribution in [0.1, 0.15) is 16.5 Å². The minimum absolute atomic E-state index is 0.0814. The molecule has 2 aliphatic rings. The van der Waals surface area contributed by atoms with Gasteiger partial charge in [0.15, 0.2) is 0 Å². The Kier molecular flexibility index (Phi) is 6.16. The first kappa shape index (κ1) is 22.7. The molecule has 174 valence electrons. The average molecular weight is 494 g/mol. The SMILES string of the molecule is CN1CCN(c2ccc(N3C(=O)C(=O)/C(=C(\O)c4ccc(Cl)cc4)C3c3cccs3)cc2)CC1. The Hall–Kier alpha value is -3.13. The number of ketones is 1. The fraction of sp³-hybridized carbons (Fsp3) is 0.231. The van der Waals surface area contributed by atoms with Gasteiger partial charge < -0.3 is 14.9 Å². The molecular weight excluding hydrogens is 470 g/mol. The number of amides is 1. The number of aliphatic hydroxyl groups excluding tert-OH is 1. The Morgan fingerprint density at radius 1 is 0.941 bits per heavy atom. The number of rotatable bonds is 4. The number of piperazine rings is 1. The minimum Gasteiger partial charge on any atom is -0.507 e. The summed E-state index contributed by atoms with van der Waals surface area (Å²) in [6.45, 7) is 3.88. The first-order chi connectivity index (χ1) is 16.4. The van der Waals surface area contributed by atoms with Gasteiger partial charge in [-0.25, -0.2) is 0 Å². The van der Waals surface area contributed by atoms with E-state index in [0.717, 1.165) is 36.7 Å². The van der Waals surface area contributed by atoms with E-state index in [1.165, 1.54) is 16.2 Å². The predicted molar refractivity (Wildman–Crippen MR) is 137 cm³/mol. The van der Waals surface area contributed by atoms with Crippen LogP contribution >= 0.6 is 22.9 Å². The summed E-state index contributed by atoms with van der Waals surface area (Å²) < 4.78 is 0. The van der Waals surface area contributed by atoms with Gasteiger partial charge in [0.2, 0.25) is 0 Å². The van der Waals surface area contributed by atoms with Gasteiger partial charge in [-0.1, -0.05) is 17.7 Å². The van der Waals surface area contributed by atoms with E-state index in [4.69, 9.17) is 11.6 Å². The number of nitrogens with zero attached hydrogens (tertiary/aromatic N) is 3. The Morgan fingerprint density at radius 2 is 1.59 bits per heavy atom. The molecule has 1 unspecified atom stereocenters. The van der Waals surface area contributed by atoms with Gasteiger partial charge in [-0.3, -0.25) is 14.5 Å². The first-order valence-electron chi connectivity index (χ1n) is 11.1. The van der Waals surface area contributed by atoms with Crippen molar-refractivity contribution >= 4 is 51.8 Å². The van der Waals surface area contributed by atoms with Crippen LogP contribution in [0.25, 0.3) is 5.76 Å². The van der Waals surface area contributed by atoms with Gasteiger partial charge in [0.1, 0.15) is 11.8 Å². The zero-order valence-corrected chi connectivity index (χ0v) is 20.2. The minimum atomic E-state index is -0.704. The second-order valence-electron chi connectivity index (χ2n) is 8.50. The molecule has 8 heteroatoms. The van der Waals surface area contributed by atoms with Crippen LogP contribution in [-0.4, -0.2) is 54.9 Å². The van der Waals surface area contributed by atoms with Crippen LogP contribution in [-0.2, 0) is 9.59 Å². The molecular formula is C26H24ClN3O3S. The molecule has 2 aliphatic heterocycles. The quantitative estimate of drug-likeness (QED) is 0.322. The van der Waals surface area contributed by atoms with Crippen LogP contribution in [0.3, 0.4) is 0 Å². The molecule has 1 aromatic heterocycles. The molecule has 3 aromatic rings. The molecule has 2 fully saturated rings. The molecule has 0 bridgehead atoms. The predicted octanol–water partition coefficient (Wildman–Crippen LogP) is 4.78. The lowest BCUT2D eigenvalue weighted by Gasteiger charge is -2.34. The molecule has 5 rings (SSSR count). The van der Waals surface area contributed by atoms with Crippen molar-refractivity contribution in [2.24, 2.45) is 0 Å². The van der Waals surface area contributed by atoms with Crippen LogP contribution in [0.5, 0.6) is 0 Å². The lowest BCUT2D eigenvalue weighted by atomic mass is 10.00. The molecule has 1 N–H and O–H groups in total. The van der Waals surface area contributed by atoms with Crippen LogP contribution < -0.4 is 9.80 Å². The van der Waals surface area contributed by atoms with Crippen LogP contribution in [0.15, 0.2) is 71.6 Å². The van der Waals surface area contributed by atoms with Crippen molar-refractivity contribution in [3.8, 4) is 0 Å². The van der Waals surface area contributed by atoms with Crippen molar-refractivity contribution < 1.29 is 14.7 Å². The monoisotopic (exact) mass is 493 g/mol. The van der Waals surface area contributed by atoms with E-state index in [9.17, 15) is 14.7 Å². The van der Waals surface area contributed by atoms with E-state index in [1.807, 2.05) is 41.8 Å². The second-order valence-corrected chi connectivity index (χ2v) is 9.91. The molecule has 0 saturated carbocycles. The summed E-state index contributed by atoms with van der Waals surface area (Å²) in [5, 5.41) is 13.5. The summed E-state index contributed by atoms with van der Waals surface area (Å²) in [5.41, 5.74) is 2.23. The maximum Gasteiger partial charge on any atom is 0.300 e. The zero-order valence-electron chi connectivity index (χ0n) is 18.6. The van der Waals surface area contributed by atoms with Crippen LogP contribution in [0.4, 0.5) is 11.4 Å². The summed E-state index contributed by atoms with van der Waals surface area (Å²) >= 11 is 7.43. The number of likely N-dealkylation sites (N-methyl/N-ethyl adjacent to an activating group) is 1. The summed E-state index contributed by atoms with van der Waals surface area (Å²) in [7, 11) is 2.12. The van der Waals surface area contributed by atoms with Gasteiger partial charge in [0.25, 0.3) is 11.7 Å². The van der Waals surface area contributed by atoms with Crippen molar-refractivity contribution in [2.75, 3.05) is 43.0 Å². The normalized spacial score (nSPS) is 20.8. The molecule has 2 aromatic carbocycles. The molecule has 1 amide bonds. The van der Waals surface area contributed by atoms with E-state index in [2.05, 4.69) is 16.8 Å². The van der Waals surface area contributed by atoms with E-state index in [1.54, 1.807) is 24.3 Å². The van der Waals surface area contributed by atoms with Crippen LogP contribution in [0, 0.1) is 0 Å². The third kappa shape index (κ3) is 4.11. The topological polar surface area (TPSA) is 64.1 Å². The number of anilines is 2. The molecule has 0 radical (unpaired) electrons. The van der Waals surface area contributed by atoms with E-state index >= 15 is 0 Å². The molecule has 0 aliphatic carbocycles. The number of hydrogen-bond acceptors (Lipinski definition) is 6. The van der Waals surface area contributed by atoms with Crippen molar-refractivity contribution in [2.45, 2.75) is 6.04 Å². The molecule has 3 heterocycles. The van der Waals surface area contributed by atoms with Gasteiger partial charge in [-0.15, -0.1) is 11.3 Å². The number of Topliss-reactive ketones (excluding diaryl/α,β-unsaturated/α-hetero) is 1. The molecule has 2 saturated heterocycles. The van der Waals surface area contributed by atoms with E-state index in [-0.39, 0.29) is 11.3 Å². The number of hydrogen-bond donors (Lipinski definition) is 1. The highest BCUT2D eigenvalue weighted by Crippen LogP contribution is 2.43. The molecule has 6 nitrogen and oxygen atoms in total. The Bertz CT molecular complexity index is 1230. The molecule has 1 atom stereocenters. The van der Waals surface area contributed by atoms with Crippen molar-refractivity contribution in [3.63, 3.8) is 0 Å². The fourth-order valence-electron chi connectivity index (χ4n) is 4.47. The maximum atomic E-state index is 13.2. The zero-order chi connectivity index (χ0) is 23.8. The third-order valence-electron chi connectivity index (χ3n) is 6.37.